The van der Waals surface area contributed by atoms with Crippen molar-refractivity contribution >= 4 is 12.1 Å². The van der Waals surface area contributed by atoms with E-state index in [0.29, 0.717) is 6.21 Å². The fourth-order valence-corrected chi connectivity index (χ4v) is 0. The van der Waals surface area contributed by atoms with E-state index in [1.54, 1.807) is 0 Å². The molecule has 3 heteroatoms. The fourth-order valence-electron chi connectivity index (χ4n) is 0. The van der Waals surface area contributed by atoms with Gasteiger partial charge < -0.3 is 5.41 Å². The molecule has 2 N–H and O–H groups in total. The Morgan fingerprint density at radius 1 is 1.80 bits per heavy atom. The van der Waals surface area contributed by atoms with Crippen LogP contribution in [0.15, 0.2) is 0 Å². The van der Waals surface area contributed by atoms with Crippen molar-refractivity contribution in [1.29, 1.82) is 5.41 Å². The summed E-state index contributed by atoms with van der Waals surface area (Å²) in [4.78, 5) is 9.24. The summed E-state index contributed by atoms with van der Waals surface area (Å²) in [6.45, 7) is 0. The average Bonchev–Trinajstić information content (AvgIpc) is 1.38. The zero-order chi connectivity index (χ0) is 4.28. The molecule has 0 aliphatic rings. The van der Waals surface area contributed by atoms with Gasteiger partial charge in [0.2, 0.25) is 0 Å². The minimum Gasteiger partial charge on any atom is -0.303 e. The molecule has 5 heavy (non-hydrogen) atoms. The van der Waals surface area contributed by atoms with Crippen molar-refractivity contribution in [3.63, 3.8) is 0 Å². The number of hydrogen-bond acceptors (Lipinski definition) is 2. The van der Waals surface area contributed by atoms with E-state index in [9.17, 15) is 4.79 Å². The molecule has 0 rings (SSSR count). The molecule has 0 fully saturated rings. The molecule has 0 bridgehead atoms. The van der Waals surface area contributed by atoms with Crippen LogP contribution in [0, 0.1) is 5.41 Å². The monoisotopic (exact) mass is 71.0 g/mol. The van der Waals surface area contributed by atoms with Crippen LogP contribution in [-0.2, 0) is 4.79 Å². The maximum absolute atomic E-state index is 9.24. The highest BCUT2D eigenvalue weighted by molar-refractivity contribution is 6.23. The SMILES string of the molecule is [NH]C(=O)C=N. The molecule has 27 valence electrons. The Hall–Kier alpha value is -0.860. The molecular formula is C2H3N2O. The first-order valence-corrected chi connectivity index (χ1v) is 1.03. The van der Waals surface area contributed by atoms with Crippen LogP contribution in [0.1, 0.15) is 0 Å². The predicted molar refractivity (Wildman–Crippen MR) is 16.9 cm³/mol. The van der Waals surface area contributed by atoms with E-state index in [4.69, 9.17) is 11.1 Å². The van der Waals surface area contributed by atoms with Crippen molar-refractivity contribution in [2.75, 3.05) is 0 Å². The Morgan fingerprint density at radius 3 is 2.00 bits per heavy atom. The molecule has 0 saturated carbocycles. The van der Waals surface area contributed by atoms with Crippen LogP contribution in [0.5, 0.6) is 0 Å². The quantitative estimate of drug-likeness (QED) is 0.414. The number of carbonyl (C=O) groups excluding carboxylic acids is 1. The summed E-state index contributed by atoms with van der Waals surface area (Å²) < 4.78 is 0. The average molecular weight is 71.1 g/mol. The summed E-state index contributed by atoms with van der Waals surface area (Å²) >= 11 is 0. The zero-order valence-electron chi connectivity index (χ0n) is 2.49. The maximum atomic E-state index is 9.24. The lowest BCUT2D eigenvalue weighted by Gasteiger charge is -1.60. The van der Waals surface area contributed by atoms with Crippen LogP contribution in [0.4, 0.5) is 0 Å². The second-order valence-corrected chi connectivity index (χ2v) is 0.509. The molecule has 1 amide bonds. The third-order valence-electron chi connectivity index (χ3n) is 0.131. The molecule has 0 aliphatic heterocycles. The molecule has 0 aromatic rings. The topological polar surface area (TPSA) is 64.7 Å². The second kappa shape index (κ2) is 1.46. The van der Waals surface area contributed by atoms with E-state index in [0.717, 1.165) is 0 Å². The van der Waals surface area contributed by atoms with Crippen molar-refractivity contribution in [3.8, 4) is 0 Å². The van der Waals surface area contributed by atoms with Gasteiger partial charge in [-0.3, -0.25) is 10.5 Å². The molecule has 1 radical (unpaired) electrons. The molecule has 3 nitrogen and oxygen atoms in total. The third-order valence-corrected chi connectivity index (χ3v) is 0.131. The summed E-state index contributed by atoms with van der Waals surface area (Å²) in [5, 5.41) is 6.00. The Bertz CT molecular complexity index is 58.7. The van der Waals surface area contributed by atoms with Crippen molar-refractivity contribution in [2.45, 2.75) is 0 Å². The van der Waals surface area contributed by atoms with Crippen LogP contribution in [-0.4, -0.2) is 12.1 Å². The van der Waals surface area contributed by atoms with Gasteiger partial charge in [-0.15, -0.1) is 0 Å². The fraction of sp³-hybridized carbons (Fsp3) is 0. The smallest absolute Gasteiger partial charge is 0.280 e. The summed E-state index contributed by atoms with van der Waals surface area (Å²) in [5.74, 6) is -0.954. The van der Waals surface area contributed by atoms with Crippen LogP contribution in [0.3, 0.4) is 0 Å². The minimum absolute atomic E-state index is 0.444. The molecule has 0 aliphatic carbocycles. The van der Waals surface area contributed by atoms with Crippen LogP contribution in [0.25, 0.3) is 0 Å². The zero-order valence-corrected chi connectivity index (χ0v) is 2.49. The molecule has 0 saturated heterocycles. The first-order chi connectivity index (χ1) is 2.27. The normalized spacial score (nSPS) is 6.40. The third kappa shape index (κ3) is 3.14. The van der Waals surface area contributed by atoms with E-state index in [1.807, 2.05) is 0 Å². The van der Waals surface area contributed by atoms with Crippen molar-refractivity contribution < 1.29 is 4.79 Å². The molecule has 0 aromatic heterocycles. The predicted octanol–water partition coefficient (Wildman–Crippen LogP) is -0.555. The van der Waals surface area contributed by atoms with Crippen LogP contribution in [0.2, 0.25) is 0 Å². The van der Waals surface area contributed by atoms with Gasteiger partial charge in [0.1, 0.15) is 0 Å². The standard InChI is InChI=1S/C2H3N2O/c3-1-2(4)5/h1,3-4H. The molecule has 0 spiro atoms. The summed E-state index contributed by atoms with van der Waals surface area (Å²) in [6.07, 6.45) is 0.444. The lowest BCUT2D eigenvalue weighted by molar-refractivity contribution is -0.112. The van der Waals surface area contributed by atoms with E-state index in [-0.39, 0.29) is 0 Å². The number of carbonyl (C=O) groups is 1. The van der Waals surface area contributed by atoms with E-state index in [1.165, 1.54) is 0 Å². The summed E-state index contributed by atoms with van der Waals surface area (Å²) in [7, 11) is 0. The van der Waals surface area contributed by atoms with Gasteiger partial charge in [0, 0.05) is 0 Å². The minimum atomic E-state index is -0.954. The second-order valence-electron chi connectivity index (χ2n) is 0.509. The summed E-state index contributed by atoms with van der Waals surface area (Å²) in [5.41, 5.74) is 5.94. The lowest BCUT2D eigenvalue weighted by atomic mass is 10.7. The van der Waals surface area contributed by atoms with E-state index in [2.05, 4.69) is 0 Å². The lowest BCUT2D eigenvalue weighted by Crippen LogP contribution is -1.94. The Morgan fingerprint density at radius 2 is 2.00 bits per heavy atom. The number of rotatable bonds is 1. The highest BCUT2D eigenvalue weighted by Crippen LogP contribution is 1.38. The molecule has 0 unspecified atom stereocenters. The summed E-state index contributed by atoms with van der Waals surface area (Å²) in [6, 6.07) is 0. The van der Waals surface area contributed by atoms with Crippen molar-refractivity contribution in [2.24, 2.45) is 0 Å². The molecule has 0 atom stereocenters. The van der Waals surface area contributed by atoms with Gasteiger partial charge in [-0.05, 0) is 0 Å². The van der Waals surface area contributed by atoms with Crippen LogP contribution >= 0.6 is 0 Å². The van der Waals surface area contributed by atoms with Crippen molar-refractivity contribution in [1.82, 2.24) is 5.73 Å². The van der Waals surface area contributed by atoms with Crippen molar-refractivity contribution in [3.05, 3.63) is 0 Å². The molecular weight excluding hydrogens is 68.0 g/mol. The van der Waals surface area contributed by atoms with Gasteiger partial charge in [0.05, 0.1) is 6.21 Å². The van der Waals surface area contributed by atoms with Gasteiger partial charge in [0.15, 0.2) is 0 Å². The van der Waals surface area contributed by atoms with Gasteiger partial charge in [-0.2, -0.15) is 0 Å². The van der Waals surface area contributed by atoms with Gasteiger partial charge in [-0.1, -0.05) is 0 Å². The van der Waals surface area contributed by atoms with Gasteiger partial charge in [0.25, 0.3) is 5.91 Å². The first kappa shape index (κ1) is 4.14. The van der Waals surface area contributed by atoms with E-state index >= 15 is 0 Å². The highest BCUT2D eigenvalue weighted by Gasteiger charge is 1.74. The van der Waals surface area contributed by atoms with Gasteiger partial charge in [-0.25, -0.2) is 0 Å². The molecule has 0 heterocycles. The Balaban J connectivity index is 3.20. The highest BCUT2D eigenvalue weighted by atomic mass is 16.1. The van der Waals surface area contributed by atoms with E-state index < -0.39 is 5.91 Å². The Labute approximate surface area is 29.3 Å². The van der Waals surface area contributed by atoms with Crippen LogP contribution < -0.4 is 5.73 Å². The first-order valence-electron chi connectivity index (χ1n) is 1.03. The number of nitrogens with one attached hydrogen (secondary N) is 2. The Kier molecular flexibility index (Phi) is 1.21. The van der Waals surface area contributed by atoms with Gasteiger partial charge >= 0.3 is 0 Å². The maximum Gasteiger partial charge on any atom is 0.280 e. The number of amides is 1. The largest absolute Gasteiger partial charge is 0.303 e. The molecule has 0 aromatic carbocycles. The number of hydrogen-bond donors (Lipinski definition) is 1.